The first-order valence-electron chi connectivity index (χ1n) is 7.56. The zero-order valence-corrected chi connectivity index (χ0v) is 13.6. The summed E-state index contributed by atoms with van der Waals surface area (Å²) in [5.41, 5.74) is 3.07. The highest BCUT2D eigenvalue weighted by Crippen LogP contribution is 2.28. The molecule has 22 heavy (non-hydrogen) atoms. The van der Waals surface area contributed by atoms with Gasteiger partial charge in [-0.2, -0.15) is 0 Å². The van der Waals surface area contributed by atoms with Crippen LogP contribution in [0.2, 0.25) is 0 Å². The monoisotopic (exact) mass is 317 g/mol. The van der Waals surface area contributed by atoms with Crippen molar-refractivity contribution in [2.24, 2.45) is 0 Å². The first-order valence-corrected chi connectivity index (χ1v) is 8.34. The van der Waals surface area contributed by atoms with E-state index in [9.17, 15) is 4.79 Å². The number of aromatic nitrogens is 2. The molecule has 0 saturated carbocycles. The van der Waals surface area contributed by atoms with Gasteiger partial charge < -0.3 is 10.1 Å². The molecule has 0 bridgehead atoms. The van der Waals surface area contributed by atoms with Gasteiger partial charge in [0.2, 0.25) is 0 Å². The van der Waals surface area contributed by atoms with E-state index in [0.29, 0.717) is 11.3 Å². The number of nitrogens with one attached hydrogen (secondary N) is 1. The van der Waals surface area contributed by atoms with Gasteiger partial charge >= 0.3 is 0 Å². The van der Waals surface area contributed by atoms with Crippen molar-refractivity contribution in [2.45, 2.75) is 39.2 Å². The van der Waals surface area contributed by atoms with Crippen molar-refractivity contribution in [2.75, 3.05) is 6.61 Å². The average Bonchev–Trinajstić information content (AvgIpc) is 3.03. The third kappa shape index (κ3) is 2.97. The largest absolute Gasteiger partial charge is 0.493 e. The van der Waals surface area contributed by atoms with Crippen molar-refractivity contribution < 1.29 is 9.53 Å². The number of nitrogens with zero attached hydrogens (tertiary/aromatic N) is 2. The van der Waals surface area contributed by atoms with Crippen LogP contribution in [0.15, 0.2) is 18.2 Å². The van der Waals surface area contributed by atoms with E-state index in [4.69, 9.17) is 4.74 Å². The molecule has 3 rings (SSSR count). The molecule has 0 spiro atoms. The lowest BCUT2D eigenvalue weighted by molar-refractivity contribution is 0.0943. The maximum atomic E-state index is 12.4. The van der Waals surface area contributed by atoms with Crippen LogP contribution in [0.5, 0.6) is 5.75 Å². The highest BCUT2D eigenvalue weighted by molar-refractivity contribution is 7.08. The number of ether oxygens (including phenoxy) is 1. The lowest BCUT2D eigenvalue weighted by Gasteiger charge is -2.20. The number of aryl methyl sites for hydroxylation is 2. The molecule has 1 amide bonds. The summed E-state index contributed by atoms with van der Waals surface area (Å²) in [6, 6.07) is 6.08. The van der Waals surface area contributed by atoms with Crippen LogP contribution in [-0.4, -0.2) is 22.1 Å². The second-order valence-electron chi connectivity index (χ2n) is 5.42. The fourth-order valence-electron chi connectivity index (χ4n) is 2.61. The minimum Gasteiger partial charge on any atom is -0.493 e. The molecule has 1 aliphatic rings. The third-order valence-electron chi connectivity index (χ3n) is 3.88. The number of benzene rings is 1. The molecule has 6 heteroatoms. The molecule has 5 nitrogen and oxygen atoms in total. The number of rotatable bonds is 4. The second kappa shape index (κ2) is 6.44. The van der Waals surface area contributed by atoms with E-state index in [2.05, 4.69) is 21.0 Å². The summed E-state index contributed by atoms with van der Waals surface area (Å²) in [6.07, 6.45) is 2.79. The fraction of sp³-hybridized carbons (Fsp3) is 0.438. The standard InChI is InChI=1S/C16H19N3O2S/c1-3-13-15(22-19-18-13)16(20)17-10(2)11-6-7-14-12(9-11)5-4-8-21-14/h6-7,9-10H,3-5,8H2,1-2H3,(H,17,20). The van der Waals surface area contributed by atoms with Gasteiger partial charge in [-0.05, 0) is 54.9 Å². The average molecular weight is 317 g/mol. The number of hydrogen-bond acceptors (Lipinski definition) is 5. The number of carbonyl (C=O) groups excluding carboxylic acids is 1. The predicted octanol–water partition coefficient (Wildman–Crippen LogP) is 2.92. The lowest BCUT2D eigenvalue weighted by atomic mass is 10.00. The van der Waals surface area contributed by atoms with Gasteiger partial charge in [0.05, 0.1) is 18.3 Å². The smallest absolute Gasteiger partial charge is 0.265 e. The molecule has 1 N–H and O–H groups in total. The van der Waals surface area contributed by atoms with Crippen LogP contribution in [0, 0.1) is 0 Å². The van der Waals surface area contributed by atoms with Crippen molar-refractivity contribution in [3.8, 4) is 5.75 Å². The van der Waals surface area contributed by atoms with Crippen molar-refractivity contribution in [1.82, 2.24) is 14.9 Å². The zero-order valence-electron chi connectivity index (χ0n) is 12.8. The van der Waals surface area contributed by atoms with E-state index in [1.807, 2.05) is 26.0 Å². The van der Waals surface area contributed by atoms with Gasteiger partial charge in [0, 0.05) is 0 Å². The molecule has 0 fully saturated rings. The molecule has 2 aromatic rings. The van der Waals surface area contributed by atoms with Crippen molar-refractivity contribution >= 4 is 17.4 Å². The summed E-state index contributed by atoms with van der Waals surface area (Å²) in [5.74, 6) is 0.863. The van der Waals surface area contributed by atoms with Crippen LogP contribution in [-0.2, 0) is 12.8 Å². The maximum absolute atomic E-state index is 12.4. The summed E-state index contributed by atoms with van der Waals surface area (Å²) >= 11 is 1.15. The van der Waals surface area contributed by atoms with Gasteiger partial charge in [0.1, 0.15) is 10.6 Å². The normalized spacial score (nSPS) is 14.8. The summed E-state index contributed by atoms with van der Waals surface area (Å²) in [5, 5.41) is 7.02. The van der Waals surface area contributed by atoms with Crippen molar-refractivity contribution in [3.05, 3.63) is 39.9 Å². The molecule has 116 valence electrons. The van der Waals surface area contributed by atoms with Gasteiger partial charge in [-0.15, -0.1) is 5.10 Å². The van der Waals surface area contributed by atoms with Crippen molar-refractivity contribution in [1.29, 1.82) is 0 Å². The van der Waals surface area contributed by atoms with Crippen LogP contribution in [0.4, 0.5) is 0 Å². The van der Waals surface area contributed by atoms with Gasteiger partial charge in [0.25, 0.3) is 5.91 Å². The summed E-state index contributed by atoms with van der Waals surface area (Å²) in [7, 11) is 0. The molecule has 1 aromatic heterocycles. The molecular weight excluding hydrogens is 298 g/mol. The van der Waals surface area contributed by atoms with Crippen LogP contribution in [0.3, 0.4) is 0 Å². The van der Waals surface area contributed by atoms with Crippen molar-refractivity contribution in [3.63, 3.8) is 0 Å². The molecule has 2 heterocycles. The highest BCUT2D eigenvalue weighted by Gasteiger charge is 2.19. The topological polar surface area (TPSA) is 64.1 Å². The van der Waals surface area contributed by atoms with Crippen LogP contribution < -0.4 is 10.1 Å². The Morgan fingerprint density at radius 1 is 1.50 bits per heavy atom. The Balaban J connectivity index is 1.74. The van der Waals surface area contributed by atoms with Crippen LogP contribution in [0.25, 0.3) is 0 Å². The molecule has 1 aliphatic heterocycles. The summed E-state index contributed by atoms with van der Waals surface area (Å²) < 4.78 is 9.49. The quantitative estimate of drug-likeness (QED) is 0.941. The first-order chi connectivity index (χ1) is 10.7. The second-order valence-corrected chi connectivity index (χ2v) is 6.17. The SMILES string of the molecule is CCc1nnsc1C(=O)NC(C)c1ccc2c(c1)CCCO2. The number of fused-ring (bicyclic) bond motifs is 1. The lowest BCUT2D eigenvalue weighted by Crippen LogP contribution is -2.27. The highest BCUT2D eigenvalue weighted by atomic mass is 32.1. The molecule has 1 unspecified atom stereocenters. The Morgan fingerprint density at radius 3 is 3.18 bits per heavy atom. The molecular formula is C16H19N3O2S. The fourth-order valence-corrected chi connectivity index (χ4v) is 3.26. The minimum absolute atomic E-state index is 0.0634. The number of carbonyl (C=O) groups is 1. The molecule has 1 aromatic carbocycles. The zero-order chi connectivity index (χ0) is 15.5. The maximum Gasteiger partial charge on any atom is 0.265 e. The summed E-state index contributed by atoms with van der Waals surface area (Å²) in [4.78, 5) is 13.0. The number of amides is 1. The van der Waals surface area contributed by atoms with Gasteiger partial charge in [-0.3, -0.25) is 4.79 Å². The molecule has 1 atom stereocenters. The van der Waals surface area contributed by atoms with Crippen LogP contribution >= 0.6 is 11.5 Å². The van der Waals surface area contributed by atoms with Gasteiger partial charge in [-0.25, -0.2) is 0 Å². The Labute approximate surface area is 133 Å². The Morgan fingerprint density at radius 2 is 2.36 bits per heavy atom. The summed E-state index contributed by atoms with van der Waals surface area (Å²) in [6.45, 7) is 4.75. The number of hydrogen-bond donors (Lipinski definition) is 1. The van der Waals surface area contributed by atoms with E-state index in [1.165, 1.54) is 5.56 Å². The van der Waals surface area contributed by atoms with E-state index in [0.717, 1.165) is 48.0 Å². The molecule has 0 aliphatic carbocycles. The molecule has 0 saturated heterocycles. The third-order valence-corrected chi connectivity index (χ3v) is 4.64. The molecule has 0 radical (unpaired) electrons. The van der Waals surface area contributed by atoms with Gasteiger partial charge in [0.15, 0.2) is 0 Å². The van der Waals surface area contributed by atoms with E-state index >= 15 is 0 Å². The van der Waals surface area contributed by atoms with E-state index in [1.54, 1.807) is 0 Å². The van der Waals surface area contributed by atoms with E-state index in [-0.39, 0.29) is 11.9 Å². The van der Waals surface area contributed by atoms with E-state index < -0.39 is 0 Å². The Bertz CT molecular complexity index is 684. The predicted molar refractivity (Wildman–Crippen MR) is 85.4 cm³/mol. The van der Waals surface area contributed by atoms with Crippen LogP contribution in [0.1, 0.15) is 52.8 Å². The first kappa shape index (κ1) is 15.0. The van der Waals surface area contributed by atoms with Gasteiger partial charge in [-0.1, -0.05) is 23.5 Å². The Hall–Kier alpha value is -1.95. The minimum atomic E-state index is -0.103. The Kier molecular flexibility index (Phi) is 4.38.